The van der Waals surface area contributed by atoms with Gasteiger partial charge in [-0.25, -0.2) is 15.0 Å². The molecule has 0 saturated heterocycles. The van der Waals surface area contributed by atoms with Crippen LogP contribution in [0.3, 0.4) is 0 Å². The van der Waals surface area contributed by atoms with E-state index >= 15 is 0 Å². The minimum atomic E-state index is -0.425. The lowest BCUT2D eigenvalue weighted by atomic mass is 9.96. The fraction of sp³-hybridized carbons (Fsp3) is 0.300. The average Bonchev–Trinajstić information content (AvgIpc) is 3.07. The highest BCUT2D eigenvalue weighted by atomic mass is 32.1. The van der Waals surface area contributed by atoms with Crippen LogP contribution < -0.4 is 15.2 Å². The fourth-order valence-corrected chi connectivity index (χ4v) is 3.76. The molecule has 0 fully saturated rings. The van der Waals surface area contributed by atoms with Gasteiger partial charge in [-0.2, -0.15) is 0 Å². The number of ether oxygens (including phenoxy) is 2. The first-order valence-corrected chi connectivity index (χ1v) is 9.75. The van der Waals surface area contributed by atoms with Crippen molar-refractivity contribution in [2.45, 2.75) is 33.6 Å². The highest BCUT2D eigenvalue weighted by Gasteiger charge is 2.22. The third kappa shape index (κ3) is 4.12. The Morgan fingerprint density at radius 2 is 2.07 bits per heavy atom. The number of nitrogens with zero attached hydrogens (tertiary/aromatic N) is 3. The molecule has 0 radical (unpaired) electrons. The number of esters is 1. The molecule has 3 aromatic rings. The first-order chi connectivity index (χ1) is 13.4. The Kier molecular flexibility index (Phi) is 5.89. The number of hydrogen-bond acceptors (Lipinski definition) is 8. The van der Waals surface area contributed by atoms with Crippen LogP contribution in [-0.2, 0) is 11.2 Å². The predicted octanol–water partition coefficient (Wildman–Crippen LogP) is 4.04. The van der Waals surface area contributed by atoms with Crippen LogP contribution in [-0.4, -0.2) is 28.0 Å². The number of aryl methyl sites for hydroxylation is 2. The molecule has 2 heterocycles. The van der Waals surface area contributed by atoms with E-state index in [1.807, 2.05) is 18.4 Å². The van der Waals surface area contributed by atoms with Crippen molar-refractivity contribution in [2.24, 2.45) is 0 Å². The number of rotatable bonds is 6. The molecule has 0 aliphatic rings. The molecular formula is C20H22N4O3S. The third-order valence-electron chi connectivity index (χ3n) is 4.06. The summed E-state index contributed by atoms with van der Waals surface area (Å²) in [6, 6.07) is 3.62. The van der Waals surface area contributed by atoms with E-state index < -0.39 is 5.97 Å². The van der Waals surface area contributed by atoms with E-state index in [0.717, 1.165) is 34.7 Å². The lowest BCUT2D eigenvalue weighted by Crippen LogP contribution is -2.07. The molecule has 0 aliphatic carbocycles. The fourth-order valence-electron chi connectivity index (χ4n) is 2.95. The van der Waals surface area contributed by atoms with Crippen molar-refractivity contribution >= 4 is 23.3 Å². The van der Waals surface area contributed by atoms with E-state index in [0.29, 0.717) is 22.8 Å². The molecule has 2 aromatic heterocycles. The van der Waals surface area contributed by atoms with Gasteiger partial charge in [0.2, 0.25) is 5.95 Å². The second-order valence-corrected chi connectivity index (χ2v) is 7.15. The summed E-state index contributed by atoms with van der Waals surface area (Å²) in [5.41, 5.74) is 9.80. The molecule has 0 amide bonds. The lowest BCUT2D eigenvalue weighted by Gasteiger charge is -2.17. The van der Waals surface area contributed by atoms with Crippen molar-refractivity contribution in [3.05, 3.63) is 35.0 Å². The van der Waals surface area contributed by atoms with Crippen LogP contribution in [0.1, 0.15) is 31.5 Å². The van der Waals surface area contributed by atoms with Gasteiger partial charge in [0.15, 0.2) is 0 Å². The predicted molar refractivity (Wildman–Crippen MR) is 110 cm³/mol. The lowest BCUT2D eigenvalue weighted by molar-refractivity contribution is -0.131. The van der Waals surface area contributed by atoms with Crippen molar-refractivity contribution in [1.82, 2.24) is 15.0 Å². The molecule has 2 N–H and O–H groups in total. The van der Waals surface area contributed by atoms with E-state index in [1.165, 1.54) is 18.3 Å². The van der Waals surface area contributed by atoms with Crippen LogP contribution in [0.5, 0.6) is 11.5 Å². The van der Waals surface area contributed by atoms with Crippen molar-refractivity contribution in [1.29, 1.82) is 0 Å². The van der Waals surface area contributed by atoms with Gasteiger partial charge in [-0.3, -0.25) is 4.79 Å². The normalized spacial score (nSPS) is 10.7. The van der Waals surface area contributed by atoms with Gasteiger partial charge >= 0.3 is 5.97 Å². The van der Waals surface area contributed by atoms with Gasteiger partial charge in [-0.1, -0.05) is 13.3 Å². The minimum absolute atomic E-state index is 0.138. The van der Waals surface area contributed by atoms with Gasteiger partial charge in [0.25, 0.3) is 0 Å². The van der Waals surface area contributed by atoms with Gasteiger partial charge in [0.05, 0.1) is 18.4 Å². The zero-order valence-corrected chi connectivity index (χ0v) is 17.1. The molecule has 146 valence electrons. The minimum Gasteiger partial charge on any atom is -0.497 e. The number of aromatic nitrogens is 3. The van der Waals surface area contributed by atoms with Gasteiger partial charge < -0.3 is 15.2 Å². The molecule has 0 spiro atoms. The monoisotopic (exact) mass is 398 g/mol. The largest absolute Gasteiger partial charge is 0.497 e. The summed E-state index contributed by atoms with van der Waals surface area (Å²) in [6.07, 6.45) is 3.31. The highest BCUT2D eigenvalue weighted by molar-refractivity contribution is 7.13. The Balaban J connectivity index is 2.33. The Morgan fingerprint density at radius 1 is 1.29 bits per heavy atom. The van der Waals surface area contributed by atoms with E-state index in [4.69, 9.17) is 15.2 Å². The van der Waals surface area contributed by atoms with Crippen molar-refractivity contribution < 1.29 is 14.3 Å². The van der Waals surface area contributed by atoms with Crippen molar-refractivity contribution in [2.75, 3.05) is 12.8 Å². The number of methoxy groups -OCH3 is 1. The Hall–Kier alpha value is -3.00. The summed E-state index contributed by atoms with van der Waals surface area (Å²) in [7, 11) is 1.58. The molecule has 0 atom stereocenters. The molecule has 0 saturated carbocycles. The molecule has 0 unspecified atom stereocenters. The number of nitrogen functional groups attached to an aromatic ring is 1. The zero-order valence-electron chi connectivity index (χ0n) is 16.3. The highest BCUT2D eigenvalue weighted by Crippen LogP contribution is 2.42. The summed E-state index contributed by atoms with van der Waals surface area (Å²) in [6.45, 7) is 5.37. The van der Waals surface area contributed by atoms with Crippen LogP contribution in [0.2, 0.25) is 0 Å². The van der Waals surface area contributed by atoms with Crippen molar-refractivity contribution in [3.8, 4) is 33.3 Å². The molecule has 7 nitrogen and oxygen atoms in total. The van der Waals surface area contributed by atoms with E-state index in [2.05, 4.69) is 21.9 Å². The maximum atomic E-state index is 11.8. The topological polar surface area (TPSA) is 100 Å². The smallest absolute Gasteiger partial charge is 0.308 e. The first-order valence-electron chi connectivity index (χ1n) is 8.87. The van der Waals surface area contributed by atoms with Crippen LogP contribution >= 0.6 is 11.3 Å². The number of benzene rings is 1. The van der Waals surface area contributed by atoms with E-state index in [-0.39, 0.29) is 5.95 Å². The number of carbonyl (C=O) groups excluding carboxylic acids is 1. The van der Waals surface area contributed by atoms with E-state index in [1.54, 1.807) is 19.4 Å². The van der Waals surface area contributed by atoms with Gasteiger partial charge in [0.1, 0.15) is 16.5 Å². The maximum absolute atomic E-state index is 11.8. The quantitative estimate of drug-likeness (QED) is 0.494. The summed E-state index contributed by atoms with van der Waals surface area (Å²) < 4.78 is 10.9. The molecule has 0 bridgehead atoms. The van der Waals surface area contributed by atoms with E-state index in [9.17, 15) is 4.79 Å². The van der Waals surface area contributed by atoms with Crippen LogP contribution in [0.15, 0.2) is 23.7 Å². The number of anilines is 1. The summed E-state index contributed by atoms with van der Waals surface area (Å²) >= 11 is 1.50. The summed E-state index contributed by atoms with van der Waals surface area (Å²) in [5.74, 6) is 0.699. The average molecular weight is 398 g/mol. The van der Waals surface area contributed by atoms with Crippen LogP contribution in [0.25, 0.3) is 21.8 Å². The van der Waals surface area contributed by atoms with Crippen molar-refractivity contribution in [3.63, 3.8) is 0 Å². The maximum Gasteiger partial charge on any atom is 0.308 e. The standard InChI is InChI=1S/C20H22N4O3S/c1-5-6-13-7-14(26-4)8-16(27-12(3)25)17(13)18-15(9-22-20(21)24-18)19-23-11(2)10-28-19/h7-10H,5-6H2,1-4H3,(H2,21,22,24). The Morgan fingerprint density at radius 3 is 2.68 bits per heavy atom. The number of thiazole rings is 1. The second kappa shape index (κ2) is 8.35. The first kappa shape index (κ1) is 19.8. The van der Waals surface area contributed by atoms with Gasteiger partial charge in [-0.05, 0) is 25.0 Å². The summed E-state index contributed by atoms with van der Waals surface area (Å²) in [5, 5.41) is 2.74. The number of carbonyl (C=O) groups is 1. The second-order valence-electron chi connectivity index (χ2n) is 6.29. The Bertz CT molecular complexity index is 1020. The number of nitrogens with two attached hydrogens (primary N) is 1. The molecular weight excluding hydrogens is 376 g/mol. The SMILES string of the molecule is CCCc1cc(OC)cc(OC(C)=O)c1-c1nc(N)ncc1-c1nc(C)cs1. The van der Waals surface area contributed by atoms with Crippen LogP contribution in [0.4, 0.5) is 5.95 Å². The molecule has 8 heteroatoms. The zero-order chi connectivity index (χ0) is 20.3. The third-order valence-corrected chi connectivity index (χ3v) is 5.05. The number of hydrogen-bond donors (Lipinski definition) is 1. The molecule has 3 rings (SSSR count). The van der Waals surface area contributed by atoms with Crippen LogP contribution in [0, 0.1) is 6.92 Å². The molecule has 28 heavy (non-hydrogen) atoms. The molecule has 1 aromatic carbocycles. The summed E-state index contributed by atoms with van der Waals surface area (Å²) in [4.78, 5) is 25.0. The van der Waals surface area contributed by atoms with Gasteiger partial charge in [-0.15, -0.1) is 11.3 Å². The van der Waals surface area contributed by atoms with Gasteiger partial charge in [0, 0.05) is 35.8 Å². The Labute approximate surface area is 167 Å². The molecule has 0 aliphatic heterocycles.